The molecule has 0 aromatic carbocycles. The van der Waals surface area contributed by atoms with Gasteiger partial charge < -0.3 is 20.7 Å². The maximum absolute atomic E-state index is 5.55. The van der Waals surface area contributed by atoms with Crippen LogP contribution in [0.1, 0.15) is 12.8 Å². The van der Waals surface area contributed by atoms with Gasteiger partial charge in [0.2, 0.25) is 0 Å². The summed E-state index contributed by atoms with van der Waals surface area (Å²) < 4.78 is 5.55. The first-order chi connectivity index (χ1) is 8.88. The molecule has 2 heterocycles. The van der Waals surface area contributed by atoms with Crippen molar-refractivity contribution in [2.45, 2.75) is 18.9 Å². The van der Waals surface area contributed by atoms with Crippen LogP contribution in [0.4, 0.5) is 11.6 Å². The number of nitrogens with zero attached hydrogens (tertiary/aromatic N) is 2. The number of likely N-dealkylation sites (N-methyl/N-ethyl adjacent to an activating group) is 1. The van der Waals surface area contributed by atoms with Crippen LogP contribution >= 0.6 is 0 Å². The molecular weight excluding hydrogens is 230 g/mol. The number of hydrogen-bond donors (Lipinski definition) is 3. The highest BCUT2D eigenvalue weighted by Crippen LogP contribution is 2.13. The minimum absolute atomic E-state index is 0.320. The second-order valence-corrected chi connectivity index (χ2v) is 4.33. The van der Waals surface area contributed by atoms with Crippen LogP contribution in [-0.2, 0) is 4.74 Å². The van der Waals surface area contributed by atoms with Gasteiger partial charge in [-0.25, -0.2) is 9.97 Å². The Labute approximate surface area is 108 Å². The monoisotopic (exact) mass is 251 g/mol. The molecule has 6 nitrogen and oxygen atoms in total. The summed E-state index contributed by atoms with van der Waals surface area (Å²) in [7, 11) is 1.93. The highest BCUT2D eigenvalue weighted by Gasteiger charge is 2.14. The van der Waals surface area contributed by atoms with Crippen LogP contribution in [0.3, 0.4) is 0 Å². The first kappa shape index (κ1) is 13.0. The molecule has 1 unspecified atom stereocenters. The Kier molecular flexibility index (Phi) is 5.16. The predicted octanol–water partition coefficient (Wildman–Crippen LogP) is 0.699. The fraction of sp³-hybridized carbons (Fsp3) is 0.667. The third kappa shape index (κ3) is 4.12. The summed E-state index contributed by atoms with van der Waals surface area (Å²) in [5, 5.41) is 9.59. The third-order valence-corrected chi connectivity index (χ3v) is 2.88. The van der Waals surface area contributed by atoms with Crippen molar-refractivity contribution >= 4 is 11.6 Å². The van der Waals surface area contributed by atoms with E-state index in [1.807, 2.05) is 13.1 Å². The normalized spacial score (nSPS) is 18.8. The average Bonchev–Trinajstić information content (AvgIpc) is 2.90. The maximum atomic E-state index is 5.55. The molecule has 1 saturated heterocycles. The molecule has 0 aliphatic carbocycles. The molecule has 0 amide bonds. The summed E-state index contributed by atoms with van der Waals surface area (Å²) in [5.74, 6) is 1.68. The zero-order valence-corrected chi connectivity index (χ0v) is 10.8. The highest BCUT2D eigenvalue weighted by atomic mass is 16.5. The smallest absolute Gasteiger partial charge is 0.131 e. The van der Waals surface area contributed by atoms with Crippen LogP contribution in [0.5, 0.6) is 0 Å². The van der Waals surface area contributed by atoms with E-state index < -0.39 is 0 Å². The van der Waals surface area contributed by atoms with Crippen LogP contribution in [-0.4, -0.2) is 49.4 Å². The van der Waals surface area contributed by atoms with Crippen LogP contribution in [0.25, 0.3) is 0 Å². The second-order valence-electron chi connectivity index (χ2n) is 4.33. The molecule has 0 radical (unpaired) electrons. The summed E-state index contributed by atoms with van der Waals surface area (Å²) >= 11 is 0. The van der Waals surface area contributed by atoms with Crippen molar-refractivity contribution in [3.8, 4) is 0 Å². The lowest BCUT2D eigenvalue weighted by Crippen LogP contribution is -2.20. The summed E-state index contributed by atoms with van der Waals surface area (Å²) in [4.78, 5) is 8.36. The molecule has 1 aliphatic rings. The molecule has 0 bridgehead atoms. The van der Waals surface area contributed by atoms with Crippen LogP contribution < -0.4 is 16.0 Å². The Hall–Kier alpha value is -1.40. The number of anilines is 2. The molecule has 18 heavy (non-hydrogen) atoms. The Bertz CT molecular complexity index is 354. The van der Waals surface area contributed by atoms with Gasteiger partial charge in [-0.3, -0.25) is 0 Å². The minimum Gasteiger partial charge on any atom is -0.376 e. The van der Waals surface area contributed by atoms with Gasteiger partial charge in [0, 0.05) is 32.3 Å². The van der Waals surface area contributed by atoms with Crippen LogP contribution in [0, 0.1) is 0 Å². The van der Waals surface area contributed by atoms with E-state index in [0.717, 1.165) is 50.7 Å². The molecule has 1 aromatic heterocycles. The standard InChI is InChI=1S/C12H21N5O/c1-13-4-5-14-11-7-12(17-9-16-11)15-8-10-3-2-6-18-10/h7,9-10,13H,2-6,8H2,1H3,(H2,14,15,16,17). The van der Waals surface area contributed by atoms with E-state index in [9.17, 15) is 0 Å². The first-order valence-corrected chi connectivity index (χ1v) is 6.44. The Morgan fingerprint density at radius 1 is 1.28 bits per heavy atom. The fourth-order valence-corrected chi connectivity index (χ4v) is 1.89. The fourth-order valence-electron chi connectivity index (χ4n) is 1.89. The maximum Gasteiger partial charge on any atom is 0.131 e. The van der Waals surface area contributed by atoms with Gasteiger partial charge in [-0.2, -0.15) is 0 Å². The molecule has 0 spiro atoms. The summed E-state index contributed by atoms with van der Waals surface area (Å²) in [5.41, 5.74) is 0. The van der Waals surface area contributed by atoms with Crippen molar-refractivity contribution in [1.29, 1.82) is 0 Å². The number of ether oxygens (including phenoxy) is 1. The number of nitrogens with one attached hydrogen (secondary N) is 3. The zero-order valence-electron chi connectivity index (χ0n) is 10.8. The van der Waals surface area contributed by atoms with Gasteiger partial charge in [0.1, 0.15) is 18.0 Å². The lowest BCUT2D eigenvalue weighted by molar-refractivity contribution is 0.120. The number of aromatic nitrogens is 2. The summed E-state index contributed by atoms with van der Waals surface area (Å²) in [6, 6.07) is 1.92. The molecule has 0 saturated carbocycles. The van der Waals surface area contributed by atoms with Crippen molar-refractivity contribution in [3.63, 3.8) is 0 Å². The van der Waals surface area contributed by atoms with Gasteiger partial charge in [-0.15, -0.1) is 0 Å². The molecule has 1 fully saturated rings. The molecule has 2 rings (SSSR count). The minimum atomic E-state index is 0.320. The van der Waals surface area contributed by atoms with Gasteiger partial charge in [-0.05, 0) is 19.9 Å². The number of rotatable bonds is 7. The summed E-state index contributed by atoms with van der Waals surface area (Å²) in [6.07, 6.45) is 4.18. The van der Waals surface area contributed by atoms with Gasteiger partial charge in [0.05, 0.1) is 6.10 Å². The van der Waals surface area contributed by atoms with Crippen molar-refractivity contribution in [3.05, 3.63) is 12.4 Å². The lowest BCUT2D eigenvalue weighted by Gasteiger charge is -2.12. The number of hydrogen-bond acceptors (Lipinski definition) is 6. The molecule has 100 valence electrons. The Morgan fingerprint density at radius 3 is 2.83 bits per heavy atom. The van der Waals surface area contributed by atoms with Gasteiger partial charge in [0.25, 0.3) is 0 Å². The predicted molar refractivity (Wildman–Crippen MR) is 71.9 cm³/mol. The van der Waals surface area contributed by atoms with E-state index in [0.29, 0.717) is 6.10 Å². The van der Waals surface area contributed by atoms with E-state index >= 15 is 0 Å². The topological polar surface area (TPSA) is 71.1 Å². The molecule has 1 atom stereocenters. The first-order valence-electron chi connectivity index (χ1n) is 6.44. The third-order valence-electron chi connectivity index (χ3n) is 2.88. The van der Waals surface area contributed by atoms with Gasteiger partial charge in [0.15, 0.2) is 0 Å². The van der Waals surface area contributed by atoms with Crippen molar-refractivity contribution < 1.29 is 4.74 Å². The van der Waals surface area contributed by atoms with E-state index in [-0.39, 0.29) is 0 Å². The molecule has 1 aromatic rings. The van der Waals surface area contributed by atoms with Crippen LogP contribution in [0.15, 0.2) is 12.4 Å². The van der Waals surface area contributed by atoms with Crippen molar-refractivity contribution in [2.24, 2.45) is 0 Å². The van der Waals surface area contributed by atoms with Crippen LogP contribution in [0.2, 0.25) is 0 Å². The summed E-state index contributed by atoms with van der Waals surface area (Å²) in [6.45, 7) is 3.45. The Balaban J connectivity index is 1.78. The largest absolute Gasteiger partial charge is 0.376 e. The van der Waals surface area contributed by atoms with Crippen molar-refractivity contribution in [2.75, 3.05) is 43.9 Å². The molecule has 3 N–H and O–H groups in total. The van der Waals surface area contributed by atoms with E-state index in [1.54, 1.807) is 6.33 Å². The van der Waals surface area contributed by atoms with Gasteiger partial charge in [-0.1, -0.05) is 0 Å². The van der Waals surface area contributed by atoms with E-state index in [4.69, 9.17) is 4.74 Å². The van der Waals surface area contributed by atoms with Crippen molar-refractivity contribution in [1.82, 2.24) is 15.3 Å². The Morgan fingerprint density at radius 2 is 2.11 bits per heavy atom. The lowest BCUT2D eigenvalue weighted by atomic mass is 10.2. The van der Waals surface area contributed by atoms with E-state index in [2.05, 4.69) is 25.9 Å². The SMILES string of the molecule is CNCCNc1cc(NCC2CCCO2)ncn1. The van der Waals surface area contributed by atoms with E-state index in [1.165, 1.54) is 0 Å². The zero-order chi connectivity index (χ0) is 12.6. The van der Waals surface area contributed by atoms with Gasteiger partial charge >= 0.3 is 0 Å². The quantitative estimate of drug-likeness (QED) is 0.620. The highest BCUT2D eigenvalue weighted by molar-refractivity contribution is 5.46. The second kappa shape index (κ2) is 7.13. The molecule has 1 aliphatic heterocycles. The molecule has 6 heteroatoms. The average molecular weight is 251 g/mol. The molecular formula is C12H21N5O.